The zero-order valence-corrected chi connectivity index (χ0v) is 26.0. The van der Waals surface area contributed by atoms with Crippen LogP contribution >= 0.6 is 92.8 Å². The number of alkyl halides is 8. The van der Waals surface area contributed by atoms with Crippen LogP contribution in [0.15, 0.2) is 72.8 Å². The molecule has 15 heteroatoms. The molecule has 5 nitrogen and oxygen atoms in total. The highest BCUT2D eigenvalue weighted by Crippen LogP contribution is 2.56. The summed E-state index contributed by atoms with van der Waals surface area (Å²) in [7, 11) is -10.00. The summed E-state index contributed by atoms with van der Waals surface area (Å²) in [5, 5.41) is 0. The van der Waals surface area contributed by atoms with Crippen LogP contribution in [0.1, 0.15) is 38.2 Å². The molecule has 0 fully saturated rings. The second kappa shape index (κ2) is 9.83. The van der Waals surface area contributed by atoms with Crippen LogP contribution in [0, 0.1) is 0 Å². The van der Waals surface area contributed by atoms with Gasteiger partial charge in [-0.05, 0) is 0 Å². The summed E-state index contributed by atoms with van der Waals surface area (Å²) in [6.07, 6.45) is 0. The molecule has 3 aromatic rings. The summed E-state index contributed by atoms with van der Waals surface area (Å²) in [6.45, 7) is 0. The van der Waals surface area contributed by atoms with Crippen LogP contribution in [-0.2, 0) is 34.3 Å². The first-order valence-corrected chi connectivity index (χ1v) is 16.2. The van der Waals surface area contributed by atoms with Gasteiger partial charge in [0.05, 0.1) is 0 Å². The summed E-state index contributed by atoms with van der Waals surface area (Å²) >= 11 is 51.2. The highest BCUT2D eigenvalue weighted by molar-refractivity contribution is 7.98. The van der Waals surface area contributed by atoms with Gasteiger partial charge >= 0.3 is 0 Å². The number of hydrogen-bond donors (Lipinski definition) is 0. The van der Waals surface area contributed by atoms with Crippen molar-refractivity contribution in [1.29, 1.82) is 0 Å². The Labute approximate surface area is 258 Å². The Hall–Kier alpha value is -0.450. The second-order valence-corrected chi connectivity index (χ2v) is 19.6. The molecule has 3 aromatic carbocycles. The molecule has 2 aliphatic rings. The molecule has 2 aliphatic heterocycles. The van der Waals surface area contributed by atoms with Gasteiger partial charge in [-0.2, -0.15) is 0 Å². The van der Waals surface area contributed by atoms with Crippen molar-refractivity contribution in [2.24, 2.45) is 0 Å². The zero-order chi connectivity index (χ0) is 28.5. The maximum Gasteiger partial charge on any atom is 0.246 e. The lowest BCUT2D eigenvalue weighted by Gasteiger charge is -2.30. The smallest absolute Gasteiger partial charge is 0.246 e. The molecule has 0 N–H and O–H groups in total. The highest BCUT2D eigenvalue weighted by Gasteiger charge is 2.59. The summed E-state index contributed by atoms with van der Waals surface area (Å²) in [6, 6.07) is 14.7. The van der Waals surface area contributed by atoms with Gasteiger partial charge in [-0.15, -0.1) is 0 Å². The third-order valence-electron chi connectivity index (χ3n) is 5.88. The molecule has 38 heavy (non-hydrogen) atoms. The van der Waals surface area contributed by atoms with Crippen LogP contribution in [0.25, 0.3) is 0 Å². The van der Waals surface area contributed by atoms with E-state index in [-0.39, 0.29) is 22.3 Å². The standard InChI is InChI=1S/C23H12Cl8O5S2/c24-20(25)13-9-11-14(12-10-13)21(26,27)38(35,36)23(30,31)18-8-4-2-6-16(18)19(32)15-5-1-3-7-17(15)22(28,29)37(20,33)34/h1-12H. The predicted octanol–water partition coefficient (Wildman–Crippen LogP) is 7.81. The number of benzene rings is 3. The van der Waals surface area contributed by atoms with E-state index in [1.54, 1.807) is 0 Å². The van der Waals surface area contributed by atoms with Crippen molar-refractivity contribution in [2.75, 3.05) is 0 Å². The maximum atomic E-state index is 13.8. The van der Waals surface area contributed by atoms with Crippen LogP contribution in [0.2, 0.25) is 0 Å². The van der Waals surface area contributed by atoms with Crippen LogP contribution in [0.4, 0.5) is 0 Å². The monoisotopic (exact) mass is 712 g/mol. The van der Waals surface area contributed by atoms with Crippen molar-refractivity contribution < 1.29 is 21.6 Å². The molecule has 0 saturated heterocycles. The minimum absolute atomic E-state index is 0.276. The maximum absolute atomic E-state index is 13.8. The van der Waals surface area contributed by atoms with Crippen LogP contribution < -0.4 is 0 Å². The molecule has 0 spiro atoms. The summed E-state index contributed by atoms with van der Waals surface area (Å²) in [4.78, 5) is 13.8. The number of sulfone groups is 2. The molecule has 0 amide bonds. The Balaban J connectivity index is 2.19. The number of ketones is 1. The molecular weight excluding hydrogens is 704 g/mol. The zero-order valence-electron chi connectivity index (χ0n) is 18.3. The summed E-state index contributed by atoms with van der Waals surface area (Å²) in [5.41, 5.74) is -2.01. The van der Waals surface area contributed by atoms with Crippen molar-refractivity contribution in [3.8, 4) is 0 Å². The van der Waals surface area contributed by atoms with Crippen molar-refractivity contribution in [3.63, 3.8) is 0 Å². The first kappa shape index (κ1) is 30.5. The fourth-order valence-electron chi connectivity index (χ4n) is 3.79. The Bertz CT molecular complexity index is 1540. The van der Waals surface area contributed by atoms with Crippen molar-refractivity contribution >= 4 is 118 Å². The van der Waals surface area contributed by atoms with E-state index in [0.717, 1.165) is 24.3 Å². The Morgan fingerprint density at radius 2 is 0.737 bits per heavy atom. The van der Waals surface area contributed by atoms with Crippen LogP contribution in [-0.4, -0.2) is 22.6 Å². The number of hydrogen-bond acceptors (Lipinski definition) is 5. The molecule has 0 atom stereocenters. The van der Waals surface area contributed by atoms with E-state index in [0.29, 0.717) is 0 Å². The molecule has 0 aromatic heterocycles. The quantitative estimate of drug-likeness (QED) is 0.222. The van der Waals surface area contributed by atoms with Gasteiger partial charge in [-0.1, -0.05) is 166 Å². The van der Waals surface area contributed by atoms with Crippen molar-refractivity contribution in [2.45, 2.75) is 14.7 Å². The Morgan fingerprint density at radius 3 is 1.05 bits per heavy atom. The van der Waals surface area contributed by atoms with Gasteiger partial charge in [0.15, 0.2) is 5.78 Å². The van der Waals surface area contributed by atoms with Gasteiger partial charge in [0.25, 0.3) is 0 Å². The van der Waals surface area contributed by atoms with Gasteiger partial charge in [-0.25, -0.2) is 16.8 Å². The lowest BCUT2D eigenvalue weighted by molar-refractivity contribution is 0.103. The average molecular weight is 716 g/mol. The van der Waals surface area contributed by atoms with Crippen molar-refractivity contribution in [3.05, 3.63) is 106 Å². The third kappa shape index (κ3) is 4.28. The van der Waals surface area contributed by atoms with E-state index in [9.17, 15) is 21.6 Å². The number of rotatable bonds is 0. The van der Waals surface area contributed by atoms with Gasteiger partial charge in [0, 0.05) is 33.4 Å². The molecule has 2 heterocycles. The van der Waals surface area contributed by atoms with Crippen LogP contribution in [0.5, 0.6) is 0 Å². The first-order valence-electron chi connectivity index (χ1n) is 10.2. The van der Waals surface area contributed by atoms with Crippen LogP contribution in [0.3, 0.4) is 0 Å². The highest BCUT2D eigenvalue weighted by atomic mass is 35.5. The lowest BCUT2D eigenvalue weighted by atomic mass is 9.96. The van der Waals surface area contributed by atoms with E-state index in [1.807, 2.05) is 0 Å². The largest absolute Gasteiger partial charge is 0.289 e. The Morgan fingerprint density at radius 1 is 0.447 bits per heavy atom. The van der Waals surface area contributed by atoms with Gasteiger partial charge < -0.3 is 0 Å². The molecule has 5 rings (SSSR count). The predicted molar refractivity (Wildman–Crippen MR) is 154 cm³/mol. The minimum atomic E-state index is -5.00. The topological polar surface area (TPSA) is 85.3 Å². The lowest BCUT2D eigenvalue weighted by Crippen LogP contribution is -2.37. The molecular formula is C23H12Cl8O5S2. The number of fused-ring (bicyclic) bond motifs is 6. The molecule has 0 aliphatic carbocycles. The number of halogens is 8. The molecule has 0 radical (unpaired) electrons. The summed E-state index contributed by atoms with van der Waals surface area (Å²) < 4.78 is 43.6. The van der Waals surface area contributed by atoms with Gasteiger partial charge in [0.1, 0.15) is 0 Å². The third-order valence-corrected chi connectivity index (χ3v) is 16.1. The summed E-state index contributed by atoms with van der Waals surface area (Å²) in [5.74, 6) is -0.920. The number of carbonyl (C=O) groups excluding carboxylic acids is 1. The van der Waals surface area contributed by atoms with E-state index < -0.39 is 51.2 Å². The molecule has 202 valence electrons. The van der Waals surface area contributed by atoms with E-state index in [2.05, 4.69) is 0 Å². The molecule has 0 saturated carbocycles. The molecule has 0 unspecified atom stereocenters. The van der Waals surface area contributed by atoms with Gasteiger partial charge in [-0.3, -0.25) is 4.79 Å². The molecule has 2 bridgehead atoms. The average Bonchev–Trinajstić information content (AvgIpc) is 2.87. The van der Waals surface area contributed by atoms with E-state index in [4.69, 9.17) is 92.8 Å². The SMILES string of the molecule is O=C1c2ccccc2C(Cl)(Cl)S(=O)(=O)C(Cl)(Cl)c2ccc(cc2)C(Cl)(Cl)S(=O)(=O)C(Cl)(Cl)c2ccccc21. The second-order valence-electron chi connectivity index (χ2n) is 8.07. The first-order chi connectivity index (χ1) is 17.3. The fourth-order valence-corrected chi connectivity index (χ4v) is 11.2. The number of carbonyl (C=O) groups is 1. The van der Waals surface area contributed by atoms with E-state index in [1.165, 1.54) is 48.5 Å². The van der Waals surface area contributed by atoms with Gasteiger partial charge in [0.2, 0.25) is 34.3 Å². The Kier molecular flexibility index (Phi) is 7.89. The van der Waals surface area contributed by atoms with Crippen molar-refractivity contribution in [1.82, 2.24) is 0 Å². The van der Waals surface area contributed by atoms with E-state index >= 15 is 0 Å². The minimum Gasteiger partial charge on any atom is -0.289 e. The normalized spacial score (nSPS) is 22.4. The fraction of sp³-hybridized carbons (Fsp3) is 0.174.